The van der Waals surface area contributed by atoms with Crippen LogP contribution in [0.25, 0.3) is 5.65 Å². The van der Waals surface area contributed by atoms with Gasteiger partial charge in [-0.3, -0.25) is 4.40 Å². The van der Waals surface area contributed by atoms with Crippen molar-refractivity contribution in [3.05, 3.63) is 36.0 Å². The molecule has 0 saturated carbocycles. The smallest absolute Gasteiger partial charge is 0.202 e. The van der Waals surface area contributed by atoms with Gasteiger partial charge in [0.15, 0.2) is 5.65 Å². The average Bonchev–Trinajstić information content (AvgIpc) is 3.06. The molecule has 0 aliphatic rings. The Balaban J connectivity index is 1.62. The van der Waals surface area contributed by atoms with Crippen LogP contribution in [0.5, 0.6) is 0 Å². The summed E-state index contributed by atoms with van der Waals surface area (Å²) in [6.45, 7) is 7.10. The fraction of sp³-hybridized carbons (Fsp3) is 0.429. The highest BCUT2D eigenvalue weighted by Gasteiger charge is 2.19. The topological polar surface area (TPSA) is 68.0 Å². The van der Waals surface area contributed by atoms with Gasteiger partial charge in [-0.1, -0.05) is 26.8 Å². The van der Waals surface area contributed by atoms with E-state index in [1.54, 1.807) is 0 Å². The first-order valence-corrected chi connectivity index (χ1v) is 7.68. The predicted molar refractivity (Wildman–Crippen MR) is 83.8 cm³/mol. The Labute approximate surface area is 127 Å². The third-order valence-electron chi connectivity index (χ3n) is 3.11. The molecule has 3 aromatic heterocycles. The SMILES string of the molecule is CC(C)(C)c1nsc(NCCc2nnc3ccccn23)n1. The summed E-state index contributed by atoms with van der Waals surface area (Å²) in [5, 5.41) is 12.5. The molecule has 3 heterocycles. The van der Waals surface area contributed by atoms with E-state index >= 15 is 0 Å². The van der Waals surface area contributed by atoms with E-state index in [4.69, 9.17) is 0 Å². The van der Waals surface area contributed by atoms with Crippen LogP contribution in [-0.2, 0) is 11.8 Å². The summed E-state index contributed by atoms with van der Waals surface area (Å²) in [4.78, 5) is 4.52. The van der Waals surface area contributed by atoms with Crippen molar-refractivity contribution in [3.8, 4) is 0 Å². The van der Waals surface area contributed by atoms with E-state index in [1.807, 2.05) is 28.8 Å². The standard InChI is InChI=1S/C14H18N6S/c1-14(2,3)12-16-13(21-19-12)15-8-7-11-18-17-10-6-4-5-9-20(10)11/h4-6,9H,7-8H2,1-3H3,(H,15,16,19). The highest BCUT2D eigenvalue weighted by Crippen LogP contribution is 2.22. The molecule has 0 saturated heterocycles. The van der Waals surface area contributed by atoms with Crippen LogP contribution in [0.1, 0.15) is 32.4 Å². The van der Waals surface area contributed by atoms with E-state index in [0.29, 0.717) is 0 Å². The van der Waals surface area contributed by atoms with Crippen molar-refractivity contribution in [3.63, 3.8) is 0 Å². The molecule has 7 heteroatoms. The maximum Gasteiger partial charge on any atom is 0.202 e. The van der Waals surface area contributed by atoms with Crippen LogP contribution < -0.4 is 5.32 Å². The Kier molecular flexibility index (Phi) is 3.59. The Morgan fingerprint density at radius 2 is 2.10 bits per heavy atom. The van der Waals surface area contributed by atoms with Crippen LogP contribution >= 0.6 is 11.5 Å². The zero-order valence-corrected chi connectivity index (χ0v) is 13.2. The van der Waals surface area contributed by atoms with Gasteiger partial charge in [0.05, 0.1) is 0 Å². The second-order valence-corrected chi connectivity index (χ2v) is 6.65. The maximum absolute atomic E-state index is 4.52. The molecule has 0 amide bonds. The van der Waals surface area contributed by atoms with Crippen LogP contribution in [-0.4, -0.2) is 30.5 Å². The summed E-state index contributed by atoms with van der Waals surface area (Å²) in [7, 11) is 0. The van der Waals surface area contributed by atoms with Crippen molar-refractivity contribution in [2.45, 2.75) is 32.6 Å². The van der Waals surface area contributed by atoms with Crippen molar-refractivity contribution < 1.29 is 0 Å². The van der Waals surface area contributed by atoms with Gasteiger partial charge in [-0.2, -0.15) is 4.37 Å². The quantitative estimate of drug-likeness (QED) is 0.802. The van der Waals surface area contributed by atoms with Gasteiger partial charge in [-0.25, -0.2) is 4.98 Å². The second-order valence-electron chi connectivity index (χ2n) is 5.89. The van der Waals surface area contributed by atoms with E-state index in [9.17, 15) is 0 Å². The Hall–Kier alpha value is -2.02. The van der Waals surface area contributed by atoms with Gasteiger partial charge in [0.1, 0.15) is 11.6 Å². The molecule has 0 atom stereocenters. The van der Waals surface area contributed by atoms with Gasteiger partial charge in [-0.15, -0.1) is 10.2 Å². The molecule has 0 radical (unpaired) electrons. The second kappa shape index (κ2) is 5.40. The Morgan fingerprint density at radius 3 is 2.86 bits per heavy atom. The minimum Gasteiger partial charge on any atom is -0.360 e. The Morgan fingerprint density at radius 1 is 1.24 bits per heavy atom. The van der Waals surface area contributed by atoms with Gasteiger partial charge in [-0.05, 0) is 12.1 Å². The highest BCUT2D eigenvalue weighted by molar-refractivity contribution is 7.09. The molecular weight excluding hydrogens is 284 g/mol. The van der Waals surface area contributed by atoms with Gasteiger partial charge in [0.25, 0.3) is 0 Å². The fourth-order valence-electron chi connectivity index (χ4n) is 1.94. The van der Waals surface area contributed by atoms with Crippen LogP contribution in [0.4, 0.5) is 5.13 Å². The number of aromatic nitrogens is 5. The number of anilines is 1. The number of pyridine rings is 1. The summed E-state index contributed by atoms with van der Waals surface area (Å²) in [5.74, 6) is 1.82. The first kappa shape index (κ1) is 13.9. The first-order chi connectivity index (χ1) is 10.0. The Bertz CT molecular complexity index is 739. The number of nitrogens with one attached hydrogen (secondary N) is 1. The van der Waals surface area contributed by atoms with Gasteiger partial charge >= 0.3 is 0 Å². The number of rotatable bonds is 4. The van der Waals surface area contributed by atoms with Crippen molar-refractivity contribution in [2.75, 3.05) is 11.9 Å². The highest BCUT2D eigenvalue weighted by atomic mass is 32.1. The van der Waals surface area contributed by atoms with Gasteiger partial charge in [0, 0.05) is 36.1 Å². The molecule has 0 spiro atoms. The molecule has 21 heavy (non-hydrogen) atoms. The molecule has 0 aliphatic carbocycles. The molecule has 0 unspecified atom stereocenters. The molecule has 3 aromatic rings. The molecule has 3 rings (SSSR count). The molecule has 0 aromatic carbocycles. The zero-order valence-electron chi connectivity index (χ0n) is 12.4. The van der Waals surface area contributed by atoms with Crippen LogP contribution in [0.3, 0.4) is 0 Å². The summed E-state index contributed by atoms with van der Waals surface area (Å²) < 4.78 is 6.39. The third-order valence-corrected chi connectivity index (χ3v) is 3.78. The van der Waals surface area contributed by atoms with Crippen LogP contribution in [0, 0.1) is 0 Å². The summed E-state index contributed by atoms with van der Waals surface area (Å²) >= 11 is 1.40. The number of hydrogen-bond donors (Lipinski definition) is 1. The average molecular weight is 302 g/mol. The van der Waals surface area contributed by atoms with Crippen molar-refractivity contribution in [1.82, 2.24) is 24.0 Å². The summed E-state index contributed by atoms with van der Waals surface area (Å²) in [6, 6.07) is 5.89. The minimum absolute atomic E-state index is 0.0142. The largest absolute Gasteiger partial charge is 0.360 e. The molecule has 0 bridgehead atoms. The molecular formula is C14H18N6S. The lowest BCUT2D eigenvalue weighted by Gasteiger charge is -2.12. The first-order valence-electron chi connectivity index (χ1n) is 6.91. The minimum atomic E-state index is -0.0142. The maximum atomic E-state index is 4.52. The normalized spacial score (nSPS) is 12.0. The summed E-state index contributed by atoms with van der Waals surface area (Å²) in [5.41, 5.74) is 0.859. The van der Waals surface area contributed by atoms with Crippen LogP contribution in [0.2, 0.25) is 0 Å². The van der Waals surface area contributed by atoms with Crippen LogP contribution in [0.15, 0.2) is 24.4 Å². The van der Waals surface area contributed by atoms with E-state index in [1.165, 1.54) is 11.5 Å². The van der Waals surface area contributed by atoms with Gasteiger partial charge < -0.3 is 5.32 Å². The predicted octanol–water partition coefficient (Wildman–Crippen LogP) is 2.53. The molecule has 0 fully saturated rings. The zero-order chi connectivity index (χ0) is 14.9. The van der Waals surface area contributed by atoms with Crippen molar-refractivity contribution in [2.24, 2.45) is 0 Å². The number of hydrogen-bond acceptors (Lipinski definition) is 6. The van der Waals surface area contributed by atoms with E-state index in [2.05, 4.69) is 45.6 Å². The van der Waals surface area contributed by atoms with Gasteiger partial charge in [0.2, 0.25) is 5.13 Å². The fourth-order valence-corrected chi connectivity index (χ4v) is 2.72. The molecule has 1 N–H and O–H groups in total. The van der Waals surface area contributed by atoms with E-state index in [0.717, 1.165) is 35.4 Å². The van der Waals surface area contributed by atoms with Crippen molar-refractivity contribution >= 4 is 22.3 Å². The van der Waals surface area contributed by atoms with E-state index < -0.39 is 0 Å². The lowest BCUT2D eigenvalue weighted by Crippen LogP contribution is -2.13. The molecule has 110 valence electrons. The molecule has 6 nitrogen and oxygen atoms in total. The summed E-state index contributed by atoms with van der Waals surface area (Å²) in [6.07, 6.45) is 2.77. The van der Waals surface area contributed by atoms with Crippen molar-refractivity contribution in [1.29, 1.82) is 0 Å². The van der Waals surface area contributed by atoms with E-state index in [-0.39, 0.29) is 5.41 Å². The lowest BCUT2D eigenvalue weighted by atomic mass is 9.96. The number of nitrogens with zero attached hydrogens (tertiary/aromatic N) is 5. The third kappa shape index (κ3) is 3.02. The lowest BCUT2D eigenvalue weighted by molar-refractivity contribution is 0.555. The number of fused-ring (bicyclic) bond motifs is 1. The monoisotopic (exact) mass is 302 g/mol. The molecule has 0 aliphatic heterocycles.